The Hall–Kier alpha value is -2.90. The normalized spacial score (nSPS) is 14.6. The van der Waals surface area contributed by atoms with Crippen LogP contribution in [0.15, 0.2) is 76.7 Å². The Kier molecular flexibility index (Phi) is 6.33. The van der Waals surface area contributed by atoms with Crippen molar-refractivity contribution >= 4 is 39.2 Å². The van der Waals surface area contributed by atoms with Gasteiger partial charge < -0.3 is 4.90 Å². The minimum atomic E-state index is -0.304. The molecule has 7 heteroatoms. The predicted octanol–water partition coefficient (Wildman–Crippen LogP) is 5.28. The molecular formula is C26H25N3O2S2. The van der Waals surface area contributed by atoms with E-state index in [2.05, 4.69) is 0 Å². The van der Waals surface area contributed by atoms with Crippen LogP contribution in [0.25, 0.3) is 20.7 Å². The van der Waals surface area contributed by atoms with E-state index in [-0.39, 0.29) is 16.7 Å². The molecular weight excluding hydrogens is 450 g/mol. The summed E-state index contributed by atoms with van der Waals surface area (Å²) in [5.74, 6) is 0.119. The second-order valence-corrected chi connectivity index (χ2v) is 10.6. The van der Waals surface area contributed by atoms with Gasteiger partial charge in [0.2, 0.25) is 5.91 Å². The number of hydrogen-bond donors (Lipinski definition) is 0. The zero-order valence-electron chi connectivity index (χ0n) is 18.4. The number of likely N-dealkylation sites (tertiary alicyclic amines) is 1. The van der Waals surface area contributed by atoms with Crippen molar-refractivity contribution in [1.29, 1.82) is 0 Å². The smallest absolute Gasteiger partial charge is 0.272 e. The summed E-state index contributed by atoms with van der Waals surface area (Å²) in [6.45, 7) is 3.97. The van der Waals surface area contributed by atoms with Crippen molar-refractivity contribution in [3.63, 3.8) is 0 Å². The fourth-order valence-corrected chi connectivity index (χ4v) is 6.18. The van der Waals surface area contributed by atoms with Crippen LogP contribution in [0.5, 0.6) is 0 Å². The molecule has 1 fully saturated rings. The third-order valence-electron chi connectivity index (χ3n) is 5.89. The molecule has 5 nitrogen and oxygen atoms in total. The highest BCUT2D eigenvalue weighted by molar-refractivity contribution is 8.00. The van der Waals surface area contributed by atoms with Crippen LogP contribution in [0.3, 0.4) is 0 Å². The summed E-state index contributed by atoms with van der Waals surface area (Å²) in [6.07, 6.45) is 2.12. The molecule has 1 aliphatic heterocycles. The molecule has 0 bridgehead atoms. The van der Waals surface area contributed by atoms with Gasteiger partial charge in [-0.25, -0.2) is 4.98 Å². The summed E-state index contributed by atoms with van der Waals surface area (Å²) in [5, 5.41) is 0.288. The molecule has 168 valence electrons. The lowest BCUT2D eigenvalue weighted by Crippen LogP contribution is -2.34. The van der Waals surface area contributed by atoms with Crippen LogP contribution in [0.2, 0.25) is 0 Å². The van der Waals surface area contributed by atoms with Gasteiger partial charge in [0.25, 0.3) is 5.56 Å². The zero-order valence-corrected chi connectivity index (χ0v) is 20.1. The standard InChI is InChI=1S/C26H25N3O2S2/c1-18(24(30)28-14-8-9-15-28)32-26-27-21-16-22(20-12-6-3-7-13-20)33-23(21)25(31)29(26)17-19-10-4-2-5-11-19/h2-7,10-13,16,18H,8-9,14-15,17H2,1H3. The van der Waals surface area contributed by atoms with E-state index < -0.39 is 0 Å². The van der Waals surface area contributed by atoms with Crippen LogP contribution < -0.4 is 5.56 Å². The molecule has 0 N–H and O–H groups in total. The Bertz CT molecular complexity index is 1330. The molecule has 33 heavy (non-hydrogen) atoms. The molecule has 0 radical (unpaired) electrons. The van der Waals surface area contributed by atoms with Crippen molar-refractivity contribution < 1.29 is 4.79 Å². The molecule has 1 unspecified atom stereocenters. The molecule has 0 aliphatic carbocycles. The Balaban J connectivity index is 1.56. The number of thioether (sulfide) groups is 1. The van der Waals surface area contributed by atoms with Gasteiger partial charge >= 0.3 is 0 Å². The van der Waals surface area contributed by atoms with Crippen LogP contribution in [-0.4, -0.2) is 38.7 Å². The van der Waals surface area contributed by atoms with Gasteiger partial charge in [-0.3, -0.25) is 14.2 Å². The van der Waals surface area contributed by atoms with Crippen LogP contribution in [0, 0.1) is 0 Å². The number of carbonyl (C=O) groups excluding carboxylic acids is 1. The third kappa shape index (κ3) is 4.61. The summed E-state index contributed by atoms with van der Waals surface area (Å²) in [5.41, 5.74) is 2.73. The molecule has 3 heterocycles. The first-order valence-corrected chi connectivity index (χ1v) is 12.9. The number of aromatic nitrogens is 2. The molecule has 1 atom stereocenters. The molecule has 0 spiro atoms. The maximum Gasteiger partial charge on any atom is 0.272 e. The minimum absolute atomic E-state index is 0.0562. The van der Waals surface area contributed by atoms with Gasteiger partial charge in [0.05, 0.1) is 17.3 Å². The third-order valence-corrected chi connectivity index (χ3v) is 8.13. The van der Waals surface area contributed by atoms with Crippen molar-refractivity contribution in [1.82, 2.24) is 14.5 Å². The summed E-state index contributed by atoms with van der Waals surface area (Å²) in [6, 6.07) is 22.0. The fraction of sp³-hybridized carbons (Fsp3) is 0.269. The Morgan fingerprint density at radius 2 is 1.73 bits per heavy atom. The van der Waals surface area contributed by atoms with Crippen molar-refractivity contribution in [3.8, 4) is 10.4 Å². The fourth-order valence-electron chi connectivity index (χ4n) is 4.13. The average Bonchev–Trinajstić information content (AvgIpc) is 3.53. The predicted molar refractivity (Wildman–Crippen MR) is 136 cm³/mol. The number of rotatable bonds is 6. The topological polar surface area (TPSA) is 55.2 Å². The molecule has 4 aromatic rings. The van der Waals surface area contributed by atoms with Gasteiger partial charge in [0.15, 0.2) is 5.16 Å². The summed E-state index contributed by atoms with van der Waals surface area (Å²) in [7, 11) is 0. The van der Waals surface area contributed by atoms with E-state index in [1.165, 1.54) is 23.1 Å². The Labute approximate surface area is 201 Å². The number of benzene rings is 2. The molecule has 0 saturated carbocycles. The van der Waals surface area contributed by atoms with Crippen LogP contribution in [-0.2, 0) is 11.3 Å². The van der Waals surface area contributed by atoms with Crippen LogP contribution in [0.1, 0.15) is 25.3 Å². The first kappa shape index (κ1) is 21.9. The highest BCUT2D eigenvalue weighted by Gasteiger charge is 2.26. The number of carbonyl (C=O) groups is 1. The first-order valence-electron chi connectivity index (χ1n) is 11.2. The van der Waals surface area contributed by atoms with E-state index in [0.29, 0.717) is 21.9 Å². The van der Waals surface area contributed by atoms with Gasteiger partial charge in [0, 0.05) is 18.0 Å². The number of nitrogens with zero attached hydrogens (tertiary/aromatic N) is 3. The minimum Gasteiger partial charge on any atom is -0.342 e. The second kappa shape index (κ2) is 9.53. The highest BCUT2D eigenvalue weighted by atomic mass is 32.2. The van der Waals surface area contributed by atoms with Crippen molar-refractivity contribution in [3.05, 3.63) is 82.6 Å². The summed E-state index contributed by atoms with van der Waals surface area (Å²) in [4.78, 5) is 34.4. The van der Waals surface area contributed by atoms with Crippen LogP contribution >= 0.6 is 23.1 Å². The Morgan fingerprint density at radius 3 is 2.42 bits per heavy atom. The van der Waals surface area contributed by atoms with Crippen molar-refractivity contribution in [2.24, 2.45) is 0 Å². The maximum absolute atomic E-state index is 13.6. The molecule has 2 aromatic carbocycles. The first-order chi connectivity index (χ1) is 16.1. The highest BCUT2D eigenvalue weighted by Crippen LogP contribution is 2.33. The zero-order chi connectivity index (χ0) is 22.8. The Morgan fingerprint density at radius 1 is 1.06 bits per heavy atom. The summed E-state index contributed by atoms with van der Waals surface area (Å²) < 4.78 is 2.37. The number of hydrogen-bond acceptors (Lipinski definition) is 5. The van der Waals surface area contributed by atoms with E-state index >= 15 is 0 Å². The van der Waals surface area contributed by atoms with Crippen molar-refractivity contribution in [2.75, 3.05) is 13.1 Å². The van der Waals surface area contributed by atoms with E-state index in [4.69, 9.17) is 4.98 Å². The van der Waals surface area contributed by atoms with E-state index in [1.54, 1.807) is 4.57 Å². The number of amides is 1. The molecule has 1 amide bonds. The van der Waals surface area contributed by atoms with Crippen molar-refractivity contribution in [2.45, 2.75) is 36.7 Å². The molecule has 5 rings (SSSR count). The van der Waals surface area contributed by atoms with E-state index in [9.17, 15) is 9.59 Å². The van der Waals surface area contributed by atoms with E-state index in [1.807, 2.05) is 78.6 Å². The van der Waals surface area contributed by atoms with Gasteiger partial charge in [-0.1, -0.05) is 72.4 Å². The van der Waals surface area contributed by atoms with Gasteiger partial charge in [-0.15, -0.1) is 11.3 Å². The maximum atomic E-state index is 13.6. The monoisotopic (exact) mass is 475 g/mol. The SMILES string of the molecule is CC(Sc1nc2cc(-c3ccccc3)sc2c(=O)n1Cc1ccccc1)C(=O)N1CCCC1. The van der Waals surface area contributed by atoms with Gasteiger partial charge in [-0.2, -0.15) is 0 Å². The lowest BCUT2D eigenvalue weighted by atomic mass is 10.2. The largest absolute Gasteiger partial charge is 0.342 e. The lowest BCUT2D eigenvalue weighted by molar-refractivity contribution is -0.129. The van der Waals surface area contributed by atoms with Crippen LogP contribution in [0.4, 0.5) is 0 Å². The van der Waals surface area contributed by atoms with Gasteiger partial charge in [0.1, 0.15) is 4.70 Å². The molecule has 2 aromatic heterocycles. The van der Waals surface area contributed by atoms with Gasteiger partial charge in [-0.05, 0) is 37.0 Å². The molecule has 1 saturated heterocycles. The van der Waals surface area contributed by atoms with E-state index in [0.717, 1.165) is 41.9 Å². The summed E-state index contributed by atoms with van der Waals surface area (Å²) >= 11 is 2.86. The molecule has 1 aliphatic rings. The quantitative estimate of drug-likeness (QED) is 0.281. The number of fused-ring (bicyclic) bond motifs is 1. The lowest BCUT2D eigenvalue weighted by Gasteiger charge is -2.21. The number of thiophene rings is 1. The average molecular weight is 476 g/mol. The second-order valence-electron chi connectivity index (χ2n) is 8.25.